The molecule has 0 bridgehead atoms. The zero-order valence-corrected chi connectivity index (χ0v) is 11.8. The summed E-state index contributed by atoms with van der Waals surface area (Å²) in [5.74, 6) is 0. The molecule has 0 atom stereocenters. The van der Waals surface area contributed by atoms with Crippen LogP contribution in [-0.2, 0) is 11.3 Å². The molecule has 1 saturated heterocycles. The first-order valence-corrected chi connectivity index (χ1v) is 6.90. The van der Waals surface area contributed by atoms with Gasteiger partial charge in [0.1, 0.15) is 0 Å². The Morgan fingerprint density at radius 2 is 2.12 bits per heavy atom. The Morgan fingerprint density at radius 3 is 2.88 bits per heavy atom. The highest BCUT2D eigenvalue weighted by Crippen LogP contribution is 2.17. The van der Waals surface area contributed by atoms with E-state index in [1.54, 1.807) is 0 Å². The summed E-state index contributed by atoms with van der Waals surface area (Å²) in [6.07, 6.45) is 2.28. The summed E-state index contributed by atoms with van der Waals surface area (Å²) >= 11 is 2.43. The van der Waals surface area contributed by atoms with Crippen LogP contribution in [-0.4, -0.2) is 19.3 Å². The minimum Gasteiger partial charge on any atom is -0.381 e. The lowest BCUT2D eigenvalue weighted by Crippen LogP contribution is -2.34. The van der Waals surface area contributed by atoms with Crippen molar-refractivity contribution in [2.24, 2.45) is 0 Å². The van der Waals surface area contributed by atoms with E-state index in [0.29, 0.717) is 6.04 Å². The standard InChI is InChI=1S/C13H18INO/c1-10-3-2-4-11(13(10)14)9-15-12-5-7-16-8-6-12/h2-4,12,15H,5-9H2,1H3. The lowest BCUT2D eigenvalue weighted by molar-refractivity contribution is 0.0776. The number of aryl methyl sites for hydroxylation is 1. The highest BCUT2D eigenvalue weighted by atomic mass is 127. The molecule has 2 rings (SSSR count). The van der Waals surface area contributed by atoms with Crippen molar-refractivity contribution in [3.05, 3.63) is 32.9 Å². The summed E-state index contributed by atoms with van der Waals surface area (Å²) in [6, 6.07) is 7.14. The predicted molar refractivity (Wildman–Crippen MR) is 74.6 cm³/mol. The van der Waals surface area contributed by atoms with Gasteiger partial charge in [-0.3, -0.25) is 0 Å². The van der Waals surface area contributed by atoms with Crippen LogP contribution in [0.1, 0.15) is 24.0 Å². The number of ether oxygens (including phenoxy) is 1. The normalized spacial score (nSPS) is 17.6. The van der Waals surface area contributed by atoms with Gasteiger partial charge < -0.3 is 10.1 Å². The van der Waals surface area contributed by atoms with Gasteiger partial charge in [-0.1, -0.05) is 18.2 Å². The molecule has 1 heterocycles. The molecule has 0 saturated carbocycles. The van der Waals surface area contributed by atoms with Crippen molar-refractivity contribution in [1.82, 2.24) is 5.32 Å². The number of hydrogen-bond donors (Lipinski definition) is 1. The van der Waals surface area contributed by atoms with Crippen LogP contribution >= 0.6 is 22.6 Å². The van der Waals surface area contributed by atoms with E-state index >= 15 is 0 Å². The van der Waals surface area contributed by atoms with Gasteiger partial charge in [0.2, 0.25) is 0 Å². The molecule has 0 unspecified atom stereocenters. The van der Waals surface area contributed by atoms with Crippen molar-refractivity contribution in [3.8, 4) is 0 Å². The van der Waals surface area contributed by atoms with E-state index in [1.807, 2.05) is 0 Å². The Balaban J connectivity index is 1.91. The van der Waals surface area contributed by atoms with Crippen LogP contribution in [0, 0.1) is 10.5 Å². The Bertz CT molecular complexity index is 348. The second-order valence-corrected chi connectivity index (χ2v) is 5.39. The summed E-state index contributed by atoms with van der Waals surface area (Å²) in [5, 5.41) is 3.62. The fraction of sp³-hybridized carbons (Fsp3) is 0.538. The van der Waals surface area contributed by atoms with Crippen molar-refractivity contribution >= 4 is 22.6 Å². The highest BCUT2D eigenvalue weighted by Gasteiger charge is 2.13. The third-order valence-corrected chi connectivity index (χ3v) is 4.62. The maximum Gasteiger partial charge on any atom is 0.0480 e. The van der Waals surface area contributed by atoms with Crippen molar-refractivity contribution in [3.63, 3.8) is 0 Å². The largest absolute Gasteiger partial charge is 0.381 e. The summed E-state index contributed by atoms with van der Waals surface area (Å²) in [5.41, 5.74) is 2.78. The third-order valence-electron chi connectivity index (χ3n) is 3.07. The van der Waals surface area contributed by atoms with Gasteiger partial charge in [0.15, 0.2) is 0 Å². The van der Waals surface area contributed by atoms with Gasteiger partial charge in [0.25, 0.3) is 0 Å². The Kier molecular flexibility index (Phi) is 4.61. The van der Waals surface area contributed by atoms with E-state index in [1.165, 1.54) is 14.7 Å². The fourth-order valence-electron chi connectivity index (χ4n) is 2.00. The summed E-state index contributed by atoms with van der Waals surface area (Å²) in [6.45, 7) is 4.95. The first-order valence-electron chi connectivity index (χ1n) is 5.82. The lowest BCUT2D eigenvalue weighted by atomic mass is 10.1. The minimum absolute atomic E-state index is 0.630. The average molecular weight is 331 g/mol. The molecule has 1 aromatic rings. The third kappa shape index (κ3) is 3.18. The zero-order chi connectivity index (χ0) is 11.4. The first-order chi connectivity index (χ1) is 7.77. The average Bonchev–Trinajstić information content (AvgIpc) is 2.32. The molecule has 0 radical (unpaired) electrons. The molecule has 0 amide bonds. The van der Waals surface area contributed by atoms with Gasteiger partial charge in [-0.05, 0) is 53.5 Å². The molecule has 88 valence electrons. The molecule has 16 heavy (non-hydrogen) atoms. The number of rotatable bonds is 3. The van der Waals surface area contributed by atoms with Crippen LogP contribution in [0.5, 0.6) is 0 Å². The first kappa shape index (κ1) is 12.3. The minimum atomic E-state index is 0.630. The van der Waals surface area contributed by atoms with Gasteiger partial charge in [-0.25, -0.2) is 0 Å². The fourth-order valence-corrected chi connectivity index (χ4v) is 2.55. The van der Waals surface area contributed by atoms with Crippen molar-refractivity contribution in [2.45, 2.75) is 32.4 Å². The summed E-state index contributed by atoms with van der Waals surface area (Å²) in [7, 11) is 0. The van der Waals surface area contributed by atoms with Crippen LogP contribution in [0.2, 0.25) is 0 Å². The highest BCUT2D eigenvalue weighted by molar-refractivity contribution is 14.1. The molecular formula is C13H18INO. The van der Waals surface area contributed by atoms with E-state index in [9.17, 15) is 0 Å². The van der Waals surface area contributed by atoms with Gasteiger partial charge in [-0.15, -0.1) is 0 Å². The molecule has 1 N–H and O–H groups in total. The Morgan fingerprint density at radius 1 is 1.38 bits per heavy atom. The molecule has 3 heteroatoms. The molecule has 1 aromatic carbocycles. The van der Waals surface area contributed by atoms with Crippen molar-refractivity contribution < 1.29 is 4.74 Å². The Labute approximate surface area is 111 Å². The number of hydrogen-bond acceptors (Lipinski definition) is 2. The quantitative estimate of drug-likeness (QED) is 0.860. The molecular weight excluding hydrogens is 313 g/mol. The topological polar surface area (TPSA) is 21.3 Å². The number of benzene rings is 1. The zero-order valence-electron chi connectivity index (χ0n) is 9.63. The number of nitrogens with one attached hydrogen (secondary N) is 1. The SMILES string of the molecule is Cc1cccc(CNC2CCOCC2)c1I. The van der Waals surface area contributed by atoms with Crippen molar-refractivity contribution in [2.75, 3.05) is 13.2 Å². The molecule has 1 aliphatic rings. The molecule has 1 fully saturated rings. The summed E-state index contributed by atoms with van der Waals surface area (Å²) in [4.78, 5) is 0. The summed E-state index contributed by atoms with van der Waals surface area (Å²) < 4.78 is 6.74. The van der Waals surface area contributed by atoms with Crippen LogP contribution in [0.15, 0.2) is 18.2 Å². The van der Waals surface area contributed by atoms with E-state index in [2.05, 4.69) is 53.0 Å². The maximum absolute atomic E-state index is 5.35. The maximum atomic E-state index is 5.35. The van der Waals surface area contributed by atoms with E-state index < -0.39 is 0 Å². The smallest absolute Gasteiger partial charge is 0.0480 e. The van der Waals surface area contributed by atoms with Crippen LogP contribution in [0.4, 0.5) is 0 Å². The second-order valence-electron chi connectivity index (χ2n) is 4.32. The number of halogens is 1. The van der Waals surface area contributed by atoms with E-state index in [0.717, 1.165) is 32.6 Å². The van der Waals surface area contributed by atoms with Crippen LogP contribution < -0.4 is 5.32 Å². The second kappa shape index (κ2) is 5.98. The molecule has 0 spiro atoms. The molecule has 0 aliphatic carbocycles. The monoisotopic (exact) mass is 331 g/mol. The Hall–Kier alpha value is -0.130. The predicted octanol–water partition coefficient (Wildman–Crippen LogP) is 2.87. The van der Waals surface area contributed by atoms with Crippen molar-refractivity contribution in [1.29, 1.82) is 0 Å². The molecule has 0 aromatic heterocycles. The van der Waals surface area contributed by atoms with Gasteiger partial charge in [0, 0.05) is 29.4 Å². The van der Waals surface area contributed by atoms with Crippen LogP contribution in [0.3, 0.4) is 0 Å². The van der Waals surface area contributed by atoms with Gasteiger partial charge in [0.05, 0.1) is 0 Å². The molecule has 2 nitrogen and oxygen atoms in total. The van der Waals surface area contributed by atoms with Crippen LogP contribution in [0.25, 0.3) is 0 Å². The van der Waals surface area contributed by atoms with Gasteiger partial charge >= 0.3 is 0 Å². The van der Waals surface area contributed by atoms with E-state index in [4.69, 9.17) is 4.74 Å². The lowest BCUT2D eigenvalue weighted by Gasteiger charge is -2.23. The van der Waals surface area contributed by atoms with Gasteiger partial charge in [-0.2, -0.15) is 0 Å². The molecule has 1 aliphatic heterocycles. The van der Waals surface area contributed by atoms with E-state index in [-0.39, 0.29) is 0 Å².